The highest BCUT2D eigenvalue weighted by Crippen LogP contribution is 2.21. The number of rotatable bonds is 5. The molecule has 1 aromatic rings. The van der Waals surface area contributed by atoms with Crippen LogP contribution in [0, 0.1) is 5.82 Å². The van der Waals surface area contributed by atoms with Gasteiger partial charge in [0.15, 0.2) is 15.6 Å². The van der Waals surface area contributed by atoms with Crippen molar-refractivity contribution in [3.05, 3.63) is 35.6 Å². The normalized spacial score (nSPS) is 20.4. The van der Waals surface area contributed by atoms with Crippen LogP contribution in [0.2, 0.25) is 0 Å². The minimum absolute atomic E-state index is 0.00785. The lowest BCUT2D eigenvalue weighted by Gasteiger charge is -2.34. The van der Waals surface area contributed by atoms with Crippen LogP contribution in [0.25, 0.3) is 0 Å². The van der Waals surface area contributed by atoms with Gasteiger partial charge < -0.3 is 0 Å². The molecule has 1 aliphatic rings. The molecule has 1 fully saturated rings. The molecule has 4 nitrogen and oxygen atoms in total. The first-order chi connectivity index (χ1) is 9.94. The van der Waals surface area contributed by atoms with Gasteiger partial charge in [0.2, 0.25) is 0 Å². The lowest BCUT2D eigenvalue weighted by molar-refractivity contribution is 0.0928. The van der Waals surface area contributed by atoms with Gasteiger partial charge in [-0.1, -0.05) is 19.1 Å². The SMILES string of the molecule is CCS(=O)(=O)C1CSCCN1CC(=O)c1cccc(F)c1. The summed E-state index contributed by atoms with van der Waals surface area (Å²) in [7, 11) is -3.23. The number of Topliss-reactive ketones (excluding diaryl/α,β-unsaturated/α-hetero) is 1. The number of thioether (sulfide) groups is 1. The first-order valence-electron chi connectivity index (χ1n) is 6.76. The second-order valence-electron chi connectivity index (χ2n) is 4.89. The third-order valence-corrected chi connectivity index (χ3v) is 6.83. The Hall–Kier alpha value is -0.920. The fourth-order valence-corrected chi connectivity index (χ4v) is 5.34. The summed E-state index contributed by atoms with van der Waals surface area (Å²) >= 11 is 1.58. The van der Waals surface area contributed by atoms with Gasteiger partial charge >= 0.3 is 0 Å². The zero-order chi connectivity index (χ0) is 15.5. The van der Waals surface area contributed by atoms with Crippen LogP contribution in [0.4, 0.5) is 4.39 Å². The van der Waals surface area contributed by atoms with Gasteiger partial charge in [-0.25, -0.2) is 12.8 Å². The van der Waals surface area contributed by atoms with Crippen molar-refractivity contribution in [3.63, 3.8) is 0 Å². The van der Waals surface area contributed by atoms with E-state index in [-0.39, 0.29) is 23.6 Å². The number of hydrogen-bond donors (Lipinski definition) is 0. The van der Waals surface area contributed by atoms with E-state index in [0.29, 0.717) is 12.3 Å². The summed E-state index contributed by atoms with van der Waals surface area (Å²) in [4.78, 5) is 13.9. The molecule has 0 saturated carbocycles. The molecular weight excluding hydrogens is 313 g/mol. The van der Waals surface area contributed by atoms with Crippen LogP contribution in [-0.2, 0) is 9.84 Å². The van der Waals surface area contributed by atoms with E-state index in [1.54, 1.807) is 29.7 Å². The van der Waals surface area contributed by atoms with E-state index >= 15 is 0 Å². The van der Waals surface area contributed by atoms with Gasteiger partial charge in [0.1, 0.15) is 11.2 Å². The van der Waals surface area contributed by atoms with Crippen LogP contribution in [0.1, 0.15) is 17.3 Å². The van der Waals surface area contributed by atoms with Crippen molar-refractivity contribution in [1.82, 2.24) is 4.90 Å². The maximum Gasteiger partial charge on any atom is 0.176 e. The molecule has 0 spiro atoms. The molecule has 7 heteroatoms. The van der Waals surface area contributed by atoms with Gasteiger partial charge in [0.25, 0.3) is 0 Å². The molecule has 0 aromatic heterocycles. The van der Waals surface area contributed by atoms with Crippen molar-refractivity contribution in [3.8, 4) is 0 Å². The Morgan fingerprint density at radius 3 is 2.90 bits per heavy atom. The second kappa shape index (κ2) is 6.89. The highest BCUT2D eigenvalue weighted by Gasteiger charge is 2.33. The third kappa shape index (κ3) is 4.05. The van der Waals surface area contributed by atoms with Gasteiger partial charge in [-0.2, -0.15) is 11.8 Å². The van der Waals surface area contributed by atoms with Crippen molar-refractivity contribution in [2.45, 2.75) is 12.3 Å². The number of nitrogens with zero attached hydrogens (tertiary/aromatic N) is 1. The van der Waals surface area contributed by atoms with E-state index in [0.717, 1.165) is 5.75 Å². The van der Waals surface area contributed by atoms with E-state index in [1.807, 2.05) is 0 Å². The Morgan fingerprint density at radius 1 is 1.48 bits per heavy atom. The first kappa shape index (κ1) is 16.5. The monoisotopic (exact) mass is 331 g/mol. The molecule has 0 aliphatic carbocycles. The summed E-state index contributed by atoms with van der Waals surface area (Å²) in [5, 5.41) is -0.626. The van der Waals surface area contributed by atoms with Crippen LogP contribution in [0.15, 0.2) is 24.3 Å². The molecular formula is C14H18FNO3S2. The summed E-state index contributed by atoms with van der Waals surface area (Å²) in [5.41, 5.74) is 0.279. The molecule has 1 heterocycles. The predicted molar refractivity (Wildman–Crippen MR) is 82.9 cm³/mol. The standard InChI is InChI=1S/C14H18FNO3S2/c1-2-21(18,19)14-10-20-7-6-16(14)9-13(17)11-4-3-5-12(15)8-11/h3-5,8,14H,2,6-7,9-10H2,1H3. The van der Waals surface area contributed by atoms with Crippen LogP contribution in [0.5, 0.6) is 0 Å². The Balaban J connectivity index is 2.14. The molecule has 21 heavy (non-hydrogen) atoms. The number of ketones is 1. The summed E-state index contributed by atoms with van der Waals surface area (Å²) in [6.45, 7) is 2.17. The van der Waals surface area contributed by atoms with E-state index in [9.17, 15) is 17.6 Å². The zero-order valence-corrected chi connectivity index (χ0v) is 13.4. The van der Waals surface area contributed by atoms with Gasteiger partial charge in [0.05, 0.1) is 6.54 Å². The maximum atomic E-state index is 13.2. The fourth-order valence-electron chi connectivity index (χ4n) is 2.26. The molecule has 2 rings (SSSR count). The van der Waals surface area contributed by atoms with E-state index < -0.39 is 21.0 Å². The maximum absolute atomic E-state index is 13.2. The van der Waals surface area contributed by atoms with Crippen molar-refractivity contribution in [2.24, 2.45) is 0 Å². The summed E-state index contributed by atoms with van der Waals surface area (Å²) < 4.78 is 37.4. The minimum Gasteiger partial charge on any atom is -0.293 e. The molecule has 0 bridgehead atoms. The molecule has 0 radical (unpaired) electrons. The van der Waals surface area contributed by atoms with Gasteiger partial charge in [-0.05, 0) is 12.1 Å². The van der Waals surface area contributed by atoms with Gasteiger partial charge in [-0.15, -0.1) is 0 Å². The zero-order valence-electron chi connectivity index (χ0n) is 11.8. The molecule has 0 amide bonds. The van der Waals surface area contributed by atoms with Crippen LogP contribution < -0.4 is 0 Å². The third-order valence-electron chi connectivity index (χ3n) is 3.50. The van der Waals surface area contributed by atoms with Gasteiger partial charge in [0, 0.05) is 29.4 Å². The molecule has 1 aliphatic heterocycles. The Labute approximate surface area is 128 Å². The van der Waals surface area contributed by atoms with E-state index in [2.05, 4.69) is 0 Å². The van der Waals surface area contributed by atoms with Gasteiger partial charge in [-0.3, -0.25) is 9.69 Å². The summed E-state index contributed by atoms with van der Waals surface area (Å²) in [6, 6.07) is 5.49. The summed E-state index contributed by atoms with van der Waals surface area (Å²) in [6.07, 6.45) is 0. The van der Waals surface area contributed by atoms with Crippen molar-refractivity contribution in [2.75, 3.05) is 30.3 Å². The Bertz CT molecular complexity index is 618. The largest absolute Gasteiger partial charge is 0.293 e. The Morgan fingerprint density at radius 2 is 2.24 bits per heavy atom. The number of benzene rings is 1. The lowest BCUT2D eigenvalue weighted by atomic mass is 10.1. The van der Waals surface area contributed by atoms with Crippen molar-refractivity contribution < 1.29 is 17.6 Å². The van der Waals surface area contributed by atoms with Crippen LogP contribution in [-0.4, -0.2) is 54.8 Å². The molecule has 116 valence electrons. The predicted octanol–water partition coefficient (Wildman–Crippen LogP) is 1.82. The van der Waals surface area contributed by atoms with Crippen LogP contribution >= 0.6 is 11.8 Å². The number of sulfone groups is 1. The average Bonchev–Trinajstić information content (AvgIpc) is 2.47. The smallest absolute Gasteiger partial charge is 0.176 e. The highest BCUT2D eigenvalue weighted by atomic mass is 32.2. The quantitative estimate of drug-likeness (QED) is 0.771. The average molecular weight is 331 g/mol. The first-order valence-corrected chi connectivity index (χ1v) is 9.63. The lowest BCUT2D eigenvalue weighted by Crippen LogP contribution is -2.49. The van der Waals surface area contributed by atoms with Crippen molar-refractivity contribution >= 4 is 27.4 Å². The topological polar surface area (TPSA) is 54.5 Å². The van der Waals surface area contributed by atoms with E-state index in [1.165, 1.54) is 18.2 Å². The molecule has 1 saturated heterocycles. The van der Waals surface area contributed by atoms with E-state index in [4.69, 9.17) is 0 Å². The van der Waals surface area contributed by atoms with Crippen molar-refractivity contribution in [1.29, 1.82) is 0 Å². The molecule has 1 atom stereocenters. The highest BCUT2D eigenvalue weighted by molar-refractivity contribution is 8.01. The molecule has 1 unspecified atom stereocenters. The number of carbonyl (C=O) groups is 1. The fraction of sp³-hybridized carbons (Fsp3) is 0.500. The summed E-state index contributed by atoms with van der Waals surface area (Å²) in [5.74, 6) is 0.618. The van der Waals surface area contributed by atoms with Crippen LogP contribution in [0.3, 0.4) is 0 Å². The number of halogens is 1. The number of carbonyl (C=O) groups excluding carboxylic acids is 1. The molecule has 0 N–H and O–H groups in total. The molecule has 1 aromatic carbocycles. The second-order valence-corrected chi connectivity index (χ2v) is 8.48. The minimum atomic E-state index is -3.23. The number of hydrogen-bond acceptors (Lipinski definition) is 5. The Kier molecular flexibility index (Phi) is 5.40.